The van der Waals surface area contributed by atoms with Crippen molar-refractivity contribution in [2.24, 2.45) is 0 Å². The molecule has 3 heteroatoms. The first-order chi connectivity index (χ1) is 8.74. The maximum absolute atomic E-state index is 13.3. The van der Waals surface area contributed by atoms with Gasteiger partial charge >= 0.3 is 0 Å². The van der Waals surface area contributed by atoms with E-state index in [1.807, 2.05) is 24.3 Å². The van der Waals surface area contributed by atoms with E-state index in [0.29, 0.717) is 12.1 Å². The van der Waals surface area contributed by atoms with Gasteiger partial charge in [0, 0.05) is 25.1 Å². The predicted octanol–water partition coefficient (Wildman–Crippen LogP) is 3.20. The van der Waals surface area contributed by atoms with Crippen LogP contribution in [0.25, 0.3) is 0 Å². The second-order valence-corrected chi connectivity index (χ2v) is 4.59. The molecule has 0 fully saturated rings. The van der Waals surface area contributed by atoms with Crippen molar-refractivity contribution in [3.63, 3.8) is 0 Å². The molecule has 0 aromatic heterocycles. The van der Waals surface area contributed by atoms with Gasteiger partial charge in [0.15, 0.2) is 0 Å². The Morgan fingerprint density at radius 3 is 2.50 bits per heavy atom. The number of benzene rings is 2. The molecule has 1 N–H and O–H groups in total. The molecule has 1 nitrogen and oxygen atoms in total. The Bertz CT molecular complexity index is 560. The van der Waals surface area contributed by atoms with Gasteiger partial charge in [0.1, 0.15) is 11.6 Å². The van der Waals surface area contributed by atoms with Gasteiger partial charge in [0.2, 0.25) is 0 Å². The topological polar surface area (TPSA) is 12.0 Å². The molecule has 1 aliphatic heterocycles. The lowest BCUT2D eigenvalue weighted by molar-refractivity contribution is 0.560. The maximum atomic E-state index is 13.3. The highest BCUT2D eigenvalue weighted by atomic mass is 19.1. The van der Waals surface area contributed by atoms with Gasteiger partial charge in [-0.15, -0.1) is 0 Å². The number of halogens is 2. The molecule has 0 spiro atoms. The zero-order valence-corrected chi connectivity index (χ0v) is 9.79. The van der Waals surface area contributed by atoms with Crippen LogP contribution in [0.15, 0.2) is 42.5 Å². The standard InChI is InChI=1S/C15H13F2N/c16-12-5-11(6-13(17)7-12)15-9-18-8-10-3-1-2-4-14(10)15/h1-7,15,18H,8-9H2. The van der Waals surface area contributed by atoms with Gasteiger partial charge in [-0.2, -0.15) is 0 Å². The van der Waals surface area contributed by atoms with Gasteiger partial charge in [-0.25, -0.2) is 8.78 Å². The maximum Gasteiger partial charge on any atom is 0.126 e. The van der Waals surface area contributed by atoms with Crippen molar-refractivity contribution in [2.45, 2.75) is 12.5 Å². The number of fused-ring (bicyclic) bond motifs is 1. The average molecular weight is 245 g/mol. The van der Waals surface area contributed by atoms with E-state index in [4.69, 9.17) is 0 Å². The third-order valence-electron chi connectivity index (χ3n) is 3.38. The lowest BCUT2D eigenvalue weighted by Gasteiger charge is -2.26. The molecule has 0 bridgehead atoms. The Balaban J connectivity index is 2.08. The summed E-state index contributed by atoms with van der Waals surface area (Å²) in [5, 5.41) is 3.28. The zero-order valence-electron chi connectivity index (χ0n) is 9.79. The summed E-state index contributed by atoms with van der Waals surface area (Å²) in [5.74, 6) is -1.03. The van der Waals surface area contributed by atoms with Crippen LogP contribution in [0.2, 0.25) is 0 Å². The fourth-order valence-corrected chi connectivity index (χ4v) is 2.57. The van der Waals surface area contributed by atoms with Crippen molar-refractivity contribution in [1.29, 1.82) is 0 Å². The molecule has 2 aromatic rings. The molecule has 3 rings (SSSR count). The molecule has 1 atom stereocenters. The third kappa shape index (κ3) is 2.02. The van der Waals surface area contributed by atoms with Crippen LogP contribution in [0.3, 0.4) is 0 Å². The Morgan fingerprint density at radius 2 is 1.72 bits per heavy atom. The highest BCUT2D eigenvalue weighted by Gasteiger charge is 2.21. The molecule has 1 unspecified atom stereocenters. The number of rotatable bonds is 1. The third-order valence-corrected chi connectivity index (χ3v) is 3.38. The summed E-state index contributed by atoms with van der Waals surface area (Å²) in [7, 11) is 0. The monoisotopic (exact) mass is 245 g/mol. The quantitative estimate of drug-likeness (QED) is 0.813. The molecule has 0 radical (unpaired) electrons. The fourth-order valence-electron chi connectivity index (χ4n) is 2.57. The van der Waals surface area contributed by atoms with Crippen molar-refractivity contribution in [3.05, 3.63) is 70.8 Å². The van der Waals surface area contributed by atoms with Crippen molar-refractivity contribution >= 4 is 0 Å². The van der Waals surface area contributed by atoms with E-state index >= 15 is 0 Å². The summed E-state index contributed by atoms with van der Waals surface area (Å²) >= 11 is 0. The lowest BCUT2D eigenvalue weighted by Crippen LogP contribution is -2.28. The fraction of sp³-hybridized carbons (Fsp3) is 0.200. The minimum Gasteiger partial charge on any atom is -0.312 e. The minimum absolute atomic E-state index is 0.0140. The van der Waals surface area contributed by atoms with E-state index in [9.17, 15) is 8.78 Å². The summed E-state index contributed by atoms with van der Waals surface area (Å²) in [5.41, 5.74) is 3.03. The van der Waals surface area contributed by atoms with Gasteiger partial charge in [-0.1, -0.05) is 24.3 Å². The molecule has 0 saturated carbocycles. The first-order valence-corrected chi connectivity index (χ1v) is 5.98. The van der Waals surface area contributed by atoms with Gasteiger partial charge in [0.05, 0.1) is 0 Å². The van der Waals surface area contributed by atoms with Crippen LogP contribution in [0.5, 0.6) is 0 Å². The Hall–Kier alpha value is -1.74. The van der Waals surface area contributed by atoms with Crippen LogP contribution in [-0.4, -0.2) is 6.54 Å². The van der Waals surface area contributed by atoms with Crippen molar-refractivity contribution in [3.8, 4) is 0 Å². The zero-order chi connectivity index (χ0) is 12.5. The van der Waals surface area contributed by atoms with E-state index < -0.39 is 11.6 Å². The lowest BCUT2D eigenvalue weighted by atomic mass is 9.85. The van der Waals surface area contributed by atoms with Crippen molar-refractivity contribution in [2.75, 3.05) is 6.54 Å². The Kier molecular flexibility index (Phi) is 2.84. The van der Waals surface area contributed by atoms with E-state index in [1.54, 1.807) is 0 Å². The Morgan fingerprint density at radius 1 is 1.00 bits per heavy atom. The largest absolute Gasteiger partial charge is 0.312 e. The van der Waals surface area contributed by atoms with Gasteiger partial charge in [-0.05, 0) is 28.8 Å². The Labute approximate surface area is 104 Å². The molecule has 92 valence electrons. The van der Waals surface area contributed by atoms with Crippen LogP contribution in [-0.2, 0) is 6.54 Å². The summed E-state index contributed by atoms with van der Waals surface area (Å²) in [4.78, 5) is 0. The average Bonchev–Trinajstić information content (AvgIpc) is 2.37. The smallest absolute Gasteiger partial charge is 0.126 e. The van der Waals surface area contributed by atoms with E-state index in [1.165, 1.54) is 17.7 Å². The van der Waals surface area contributed by atoms with Gasteiger partial charge in [0.25, 0.3) is 0 Å². The van der Waals surface area contributed by atoms with E-state index in [-0.39, 0.29) is 5.92 Å². The first-order valence-electron chi connectivity index (χ1n) is 5.98. The van der Waals surface area contributed by atoms with Crippen LogP contribution in [0, 0.1) is 11.6 Å². The van der Waals surface area contributed by atoms with Crippen molar-refractivity contribution < 1.29 is 8.78 Å². The molecule has 0 amide bonds. The predicted molar refractivity (Wildman–Crippen MR) is 66.3 cm³/mol. The van der Waals surface area contributed by atoms with Crippen LogP contribution in [0.4, 0.5) is 8.78 Å². The summed E-state index contributed by atoms with van der Waals surface area (Å²) < 4.78 is 26.6. The summed E-state index contributed by atoms with van der Waals surface area (Å²) in [6.07, 6.45) is 0. The number of hydrogen-bond donors (Lipinski definition) is 1. The SMILES string of the molecule is Fc1cc(F)cc(C2CNCc3ccccc32)c1. The molecular weight excluding hydrogens is 232 g/mol. The molecule has 2 aromatic carbocycles. The normalized spacial score (nSPS) is 18.4. The second-order valence-electron chi connectivity index (χ2n) is 4.59. The highest BCUT2D eigenvalue weighted by molar-refractivity contribution is 5.40. The van der Waals surface area contributed by atoms with Crippen LogP contribution < -0.4 is 5.32 Å². The van der Waals surface area contributed by atoms with Gasteiger partial charge in [-0.3, -0.25) is 0 Å². The van der Waals surface area contributed by atoms with Crippen molar-refractivity contribution in [1.82, 2.24) is 5.32 Å². The van der Waals surface area contributed by atoms with E-state index in [2.05, 4.69) is 5.32 Å². The summed E-state index contributed by atoms with van der Waals surface area (Å²) in [6, 6.07) is 11.8. The molecule has 0 aliphatic carbocycles. The number of hydrogen-bond acceptors (Lipinski definition) is 1. The minimum atomic E-state index is -0.520. The highest BCUT2D eigenvalue weighted by Crippen LogP contribution is 2.30. The van der Waals surface area contributed by atoms with Gasteiger partial charge < -0.3 is 5.32 Å². The van der Waals surface area contributed by atoms with E-state index in [0.717, 1.165) is 18.2 Å². The van der Waals surface area contributed by atoms with Crippen LogP contribution >= 0.6 is 0 Å². The molecule has 1 heterocycles. The first kappa shape index (κ1) is 11.4. The second kappa shape index (κ2) is 4.50. The molecular formula is C15H13F2N. The summed E-state index contributed by atoms with van der Waals surface area (Å²) in [6.45, 7) is 1.52. The molecule has 18 heavy (non-hydrogen) atoms. The number of nitrogens with one attached hydrogen (secondary N) is 1. The molecule has 1 aliphatic rings. The van der Waals surface area contributed by atoms with Crippen LogP contribution in [0.1, 0.15) is 22.6 Å². The molecule has 0 saturated heterocycles.